The molecule has 7 nitrogen and oxygen atoms in total. The quantitative estimate of drug-likeness (QED) is 0.771. The van der Waals surface area contributed by atoms with Gasteiger partial charge >= 0.3 is 10.2 Å². The largest absolute Gasteiger partial charge is 0.314 e. The molecule has 1 aromatic heterocycles. The highest BCUT2D eigenvalue weighted by Gasteiger charge is 2.22. The minimum atomic E-state index is -3.56. The summed E-state index contributed by atoms with van der Waals surface area (Å²) in [6.45, 7) is 2.11. The zero-order valence-electron chi connectivity index (χ0n) is 10.3. The number of aryl methyl sites for hydroxylation is 1. The summed E-state index contributed by atoms with van der Waals surface area (Å²) in [5, 5.41) is 5.33. The zero-order chi connectivity index (χ0) is 12.3. The molecule has 0 aliphatic heterocycles. The molecule has 0 aliphatic carbocycles. The zero-order valence-corrected chi connectivity index (χ0v) is 11.9. The van der Waals surface area contributed by atoms with E-state index in [1.807, 2.05) is 0 Å². The van der Waals surface area contributed by atoms with E-state index in [-0.39, 0.29) is 12.4 Å². The topological polar surface area (TPSA) is 70.5 Å². The lowest BCUT2D eigenvalue weighted by Gasteiger charge is -2.23. The fourth-order valence-electron chi connectivity index (χ4n) is 1.31. The molecule has 0 atom stereocenters. The van der Waals surface area contributed by atoms with Gasteiger partial charge in [0.15, 0.2) is 0 Å². The lowest BCUT2D eigenvalue weighted by atomic mass is 10.5. The highest BCUT2D eigenvalue weighted by molar-refractivity contribution is 7.90. The first-order valence-corrected chi connectivity index (χ1v) is 6.27. The molecule has 0 aromatic carbocycles. The molecule has 0 radical (unpaired) electrons. The van der Waals surface area contributed by atoms with E-state index in [4.69, 9.17) is 0 Å². The molecule has 1 heterocycles. The second-order valence-corrected chi connectivity index (χ2v) is 5.10. The highest BCUT2D eigenvalue weighted by atomic mass is 35.5. The smallest absolute Gasteiger partial charge is 0.274 e. The Labute approximate surface area is 108 Å². The third-order valence-electron chi connectivity index (χ3n) is 1.85. The van der Waals surface area contributed by atoms with Crippen molar-refractivity contribution in [2.75, 3.05) is 24.9 Å². The minimum absolute atomic E-state index is 0. The number of halogens is 1. The van der Waals surface area contributed by atoms with Crippen LogP contribution in [0, 0.1) is 0 Å². The van der Waals surface area contributed by atoms with E-state index >= 15 is 0 Å². The van der Waals surface area contributed by atoms with Crippen molar-refractivity contribution in [2.45, 2.75) is 6.92 Å². The molecule has 0 fully saturated rings. The Morgan fingerprint density at radius 3 is 2.41 bits per heavy atom. The van der Waals surface area contributed by atoms with Gasteiger partial charge in [-0.25, -0.2) is 5.01 Å². The third-order valence-corrected chi connectivity index (χ3v) is 3.50. The van der Waals surface area contributed by atoms with Crippen LogP contribution in [0.1, 0.15) is 6.92 Å². The van der Waals surface area contributed by atoms with Crippen LogP contribution >= 0.6 is 12.4 Å². The van der Waals surface area contributed by atoms with E-state index < -0.39 is 10.2 Å². The third kappa shape index (κ3) is 4.15. The first-order chi connectivity index (χ1) is 7.36. The number of anilines is 1. The monoisotopic (exact) mass is 283 g/mol. The molecule has 1 rings (SSSR count). The Morgan fingerprint density at radius 2 is 2.06 bits per heavy atom. The van der Waals surface area contributed by atoms with Gasteiger partial charge in [-0.1, -0.05) is 0 Å². The fourth-order valence-corrected chi connectivity index (χ4v) is 2.58. The number of hydrogen-bond acceptors (Lipinski definition) is 4. The lowest BCUT2D eigenvalue weighted by molar-refractivity contribution is 0.363. The lowest BCUT2D eigenvalue weighted by Crippen LogP contribution is -2.46. The summed E-state index contributed by atoms with van der Waals surface area (Å²) in [4.78, 5) is 2.37. The number of nitrogens with one attached hydrogen (secondary N) is 1. The standard InChI is InChI=1S/C8H17N5O2S.ClH/c1-5-13(8-6-9-12(4)7-8)16(14,15)10-11(2)3;/h6-7,10H,5H2,1-4H3;1H. The van der Waals surface area contributed by atoms with Gasteiger partial charge in [-0.15, -0.1) is 17.2 Å². The van der Waals surface area contributed by atoms with E-state index in [0.29, 0.717) is 12.2 Å². The predicted molar refractivity (Wildman–Crippen MR) is 69.2 cm³/mol. The van der Waals surface area contributed by atoms with Crippen LogP contribution in [0.4, 0.5) is 5.69 Å². The summed E-state index contributed by atoms with van der Waals surface area (Å²) in [5.41, 5.74) is 0.541. The molecule has 0 amide bonds. The van der Waals surface area contributed by atoms with Gasteiger partial charge in [0.25, 0.3) is 0 Å². The molecule has 0 unspecified atom stereocenters. The predicted octanol–water partition coefficient (Wildman–Crippen LogP) is -0.0208. The van der Waals surface area contributed by atoms with Gasteiger partial charge in [0, 0.05) is 33.9 Å². The maximum atomic E-state index is 11.9. The van der Waals surface area contributed by atoms with E-state index in [9.17, 15) is 8.42 Å². The molecule has 0 aliphatic rings. The molecule has 0 saturated carbocycles. The molecule has 100 valence electrons. The van der Waals surface area contributed by atoms with Crippen LogP contribution in [0.15, 0.2) is 12.4 Å². The van der Waals surface area contributed by atoms with Crippen molar-refractivity contribution in [3.63, 3.8) is 0 Å². The second-order valence-electron chi connectivity index (χ2n) is 3.53. The van der Waals surface area contributed by atoms with Gasteiger partial charge in [0.05, 0.1) is 11.9 Å². The summed E-state index contributed by atoms with van der Waals surface area (Å²) in [6.07, 6.45) is 3.16. The van der Waals surface area contributed by atoms with Gasteiger partial charge in [-0.2, -0.15) is 13.5 Å². The Morgan fingerprint density at radius 1 is 1.47 bits per heavy atom. The average molecular weight is 284 g/mol. The number of hydrazine groups is 1. The number of rotatable bonds is 5. The summed E-state index contributed by atoms with van der Waals surface area (Å²) < 4.78 is 26.6. The van der Waals surface area contributed by atoms with Crippen LogP contribution in [-0.2, 0) is 17.3 Å². The van der Waals surface area contributed by atoms with Crippen LogP contribution in [-0.4, -0.2) is 43.8 Å². The maximum Gasteiger partial charge on any atom is 0.314 e. The number of aromatic nitrogens is 2. The SMILES string of the molecule is CCN(c1cnn(C)c1)S(=O)(=O)NN(C)C.Cl. The first-order valence-electron chi connectivity index (χ1n) is 4.83. The second kappa shape index (κ2) is 6.20. The Hall–Kier alpha value is -0.830. The van der Waals surface area contributed by atoms with Crippen molar-refractivity contribution in [3.8, 4) is 0 Å². The molecule has 0 spiro atoms. The van der Waals surface area contributed by atoms with Gasteiger partial charge in [-0.3, -0.25) is 8.99 Å². The molecule has 1 aromatic rings. The van der Waals surface area contributed by atoms with E-state index in [0.717, 1.165) is 0 Å². The van der Waals surface area contributed by atoms with Crippen LogP contribution in [0.25, 0.3) is 0 Å². The molecular formula is C8H18ClN5O2S. The van der Waals surface area contributed by atoms with Crippen molar-refractivity contribution in [2.24, 2.45) is 7.05 Å². The van der Waals surface area contributed by atoms with E-state index in [2.05, 4.69) is 9.93 Å². The Balaban J connectivity index is 0.00000256. The number of hydrogen-bond donors (Lipinski definition) is 1. The minimum Gasteiger partial charge on any atom is -0.274 e. The van der Waals surface area contributed by atoms with Crippen molar-refractivity contribution in [3.05, 3.63) is 12.4 Å². The molecule has 17 heavy (non-hydrogen) atoms. The normalized spacial score (nSPS) is 11.4. The van der Waals surface area contributed by atoms with Crippen molar-refractivity contribution in [1.29, 1.82) is 0 Å². The molecule has 0 bridgehead atoms. The van der Waals surface area contributed by atoms with Crippen LogP contribution in [0.2, 0.25) is 0 Å². The van der Waals surface area contributed by atoms with Crippen molar-refractivity contribution < 1.29 is 8.42 Å². The van der Waals surface area contributed by atoms with Crippen molar-refractivity contribution in [1.82, 2.24) is 19.6 Å². The Bertz CT molecular complexity index is 445. The molecule has 0 saturated heterocycles. The van der Waals surface area contributed by atoms with Crippen molar-refractivity contribution >= 4 is 28.3 Å². The molecule has 1 N–H and O–H groups in total. The first kappa shape index (κ1) is 16.2. The van der Waals surface area contributed by atoms with Gasteiger partial charge in [0.1, 0.15) is 0 Å². The average Bonchev–Trinajstić information content (AvgIpc) is 2.49. The van der Waals surface area contributed by atoms with E-state index in [1.165, 1.54) is 15.5 Å². The maximum absolute atomic E-state index is 11.9. The molecular weight excluding hydrogens is 266 g/mol. The van der Waals surface area contributed by atoms with Gasteiger partial charge in [0.2, 0.25) is 0 Å². The number of nitrogens with zero attached hydrogens (tertiary/aromatic N) is 4. The Kier molecular flexibility index (Phi) is 5.89. The fraction of sp³-hybridized carbons (Fsp3) is 0.625. The van der Waals surface area contributed by atoms with E-state index in [1.54, 1.807) is 38.9 Å². The summed E-state index contributed by atoms with van der Waals surface area (Å²) in [5.74, 6) is 0. The summed E-state index contributed by atoms with van der Waals surface area (Å²) in [7, 11) is 1.42. The summed E-state index contributed by atoms with van der Waals surface area (Å²) in [6, 6.07) is 0. The van der Waals surface area contributed by atoms with Crippen LogP contribution < -0.4 is 9.14 Å². The van der Waals surface area contributed by atoms with Crippen LogP contribution in [0.3, 0.4) is 0 Å². The van der Waals surface area contributed by atoms with Gasteiger partial charge in [-0.05, 0) is 6.92 Å². The van der Waals surface area contributed by atoms with Gasteiger partial charge < -0.3 is 0 Å². The summed E-state index contributed by atoms with van der Waals surface area (Å²) >= 11 is 0. The van der Waals surface area contributed by atoms with Crippen LogP contribution in [0.5, 0.6) is 0 Å². The highest BCUT2D eigenvalue weighted by Crippen LogP contribution is 2.15. The molecule has 9 heteroatoms.